The first-order valence-electron chi connectivity index (χ1n) is 6.39. The fourth-order valence-electron chi connectivity index (χ4n) is 2.03. The van der Waals surface area contributed by atoms with Crippen molar-refractivity contribution in [3.8, 4) is 0 Å². The van der Waals surface area contributed by atoms with Crippen LogP contribution in [0.2, 0.25) is 0 Å². The summed E-state index contributed by atoms with van der Waals surface area (Å²) in [5.41, 5.74) is 0. The minimum Gasteiger partial charge on any atom is -0.480 e. The van der Waals surface area contributed by atoms with Crippen LogP contribution in [0.3, 0.4) is 0 Å². The minimum absolute atomic E-state index is 0.0766. The van der Waals surface area contributed by atoms with Crippen LogP contribution in [0.1, 0.15) is 39.0 Å². The largest absolute Gasteiger partial charge is 0.480 e. The molecular weight excluding hydrogens is 220 g/mol. The molecule has 1 saturated heterocycles. The molecule has 3 N–H and O–H groups in total. The lowest BCUT2D eigenvalue weighted by Gasteiger charge is -2.24. The van der Waals surface area contributed by atoms with E-state index in [4.69, 9.17) is 5.11 Å². The van der Waals surface area contributed by atoms with E-state index in [1.165, 1.54) is 0 Å². The van der Waals surface area contributed by atoms with Crippen molar-refractivity contribution in [1.29, 1.82) is 0 Å². The molecule has 1 aliphatic heterocycles. The Balaban J connectivity index is 2.42. The summed E-state index contributed by atoms with van der Waals surface area (Å²) in [5, 5.41) is 14.8. The van der Waals surface area contributed by atoms with E-state index in [1.54, 1.807) is 0 Å². The zero-order valence-electron chi connectivity index (χ0n) is 10.4. The number of carboxylic acid groups (broad SMARTS) is 1. The van der Waals surface area contributed by atoms with Crippen molar-refractivity contribution >= 4 is 11.9 Å². The molecule has 0 aliphatic carbocycles. The number of rotatable bonds is 6. The van der Waals surface area contributed by atoms with Gasteiger partial charge < -0.3 is 15.7 Å². The number of aliphatic carboxylic acids is 1. The normalized spacial score (nSPS) is 21.8. The van der Waals surface area contributed by atoms with Gasteiger partial charge in [-0.2, -0.15) is 0 Å². The van der Waals surface area contributed by atoms with Gasteiger partial charge in [0.15, 0.2) is 0 Å². The highest BCUT2D eigenvalue weighted by Gasteiger charge is 2.25. The average Bonchev–Trinajstić information content (AvgIpc) is 2.35. The van der Waals surface area contributed by atoms with Crippen molar-refractivity contribution in [2.24, 2.45) is 5.92 Å². The van der Waals surface area contributed by atoms with E-state index < -0.39 is 12.0 Å². The molecule has 0 spiro atoms. The summed E-state index contributed by atoms with van der Waals surface area (Å²) in [7, 11) is 0. The third-order valence-electron chi connectivity index (χ3n) is 3.13. The summed E-state index contributed by atoms with van der Waals surface area (Å²) in [4.78, 5) is 22.9. The number of amides is 1. The van der Waals surface area contributed by atoms with Crippen LogP contribution in [0, 0.1) is 5.92 Å². The Morgan fingerprint density at radius 2 is 2.29 bits per heavy atom. The second-order valence-corrected chi connectivity index (χ2v) is 4.58. The van der Waals surface area contributed by atoms with E-state index in [0.717, 1.165) is 32.2 Å². The molecule has 0 aromatic heterocycles. The van der Waals surface area contributed by atoms with E-state index in [0.29, 0.717) is 13.0 Å². The number of unbranched alkanes of at least 4 members (excludes halogenated alkanes) is 1. The molecule has 17 heavy (non-hydrogen) atoms. The topological polar surface area (TPSA) is 78.4 Å². The van der Waals surface area contributed by atoms with Gasteiger partial charge in [0.2, 0.25) is 5.91 Å². The lowest BCUT2D eigenvalue weighted by molar-refractivity contribution is -0.142. The van der Waals surface area contributed by atoms with Gasteiger partial charge in [-0.05, 0) is 25.8 Å². The Kier molecular flexibility index (Phi) is 5.97. The van der Waals surface area contributed by atoms with Gasteiger partial charge in [-0.1, -0.05) is 19.8 Å². The maximum atomic E-state index is 11.9. The van der Waals surface area contributed by atoms with Crippen molar-refractivity contribution in [2.45, 2.75) is 45.1 Å². The van der Waals surface area contributed by atoms with Crippen LogP contribution in [0.4, 0.5) is 0 Å². The molecule has 1 aliphatic rings. The minimum atomic E-state index is -0.935. The molecule has 5 nitrogen and oxygen atoms in total. The van der Waals surface area contributed by atoms with Crippen molar-refractivity contribution < 1.29 is 14.7 Å². The standard InChI is InChI=1S/C12H22N2O3/c1-2-3-6-10(12(16)17)14-11(15)9-5-4-7-13-8-9/h9-10,13H,2-8H2,1H3,(H,14,15)(H,16,17)/t9-,10?/m0/s1. The molecule has 5 heteroatoms. The highest BCUT2D eigenvalue weighted by Crippen LogP contribution is 2.11. The van der Waals surface area contributed by atoms with E-state index in [1.807, 2.05) is 6.92 Å². The molecule has 0 saturated carbocycles. The SMILES string of the molecule is CCCCC(NC(=O)[C@H]1CCCNC1)C(=O)O. The predicted molar refractivity (Wildman–Crippen MR) is 64.7 cm³/mol. The molecular formula is C12H22N2O3. The van der Waals surface area contributed by atoms with Crippen LogP contribution >= 0.6 is 0 Å². The second-order valence-electron chi connectivity index (χ2n) is 4.58. The molecule has 1 unspecified atom stereocenters. The maximum Gasteiger partial charge on any atom is 0.326 e. The zero-order chi connectivity index (χ0) is 12.7. The van der Waals surface area contributed by atoms with Gasteiger partial charge in [0, 0.05) is 6.54 Å². The number of carboxylic acids is 1. The molecule has 0 aromatic carbocycles. The number of carbonyl (C=O) groups is 2. The molecule has 0 radical (unpaired) electrons. The Bertz CT molecular complexity index is 262. The van der Waals surface area contributed by atoms with Gasteiger partial charge >= 0.3 is 5.97 Å². The van der Waals surface area contributed by atoms with Gasteiger partial charge in [-0.25, -0.2) is 4.79 Å². The summed E-state index contributed by atoms with van der Waals surface area (Å²) in [6.45, 7) is 3.61. The van der Waals surface area contributed by atoms with Crippen LogP contribution < -0.4 is 10.6 Å². The number of hydrogen-bond acceptors (Lipinski definition) is 3. The first-order valence-corrected chi connectivity index (χ1v) is 6.39. The molecule has 0 bridgehead atoms. The van der Waals surface area contributed by atoms with Crippen LogP contribution in [0.5, 0.6) is 0 Å². The first kappa shape index (κ1) is 14.0. The monoisotopic (exact) mass is 242 g/mol. The van der Waals surface area contributed by atoms with E-state index in [-0.39, 0.29) is 11.8 Å². The van der Waals surface area contributed by atoms with Gasteiger partial charge in [-0.15, -0.1) is 0 Å². The second kappa shape index (κ2) is 7.27. The van der Waals surface area contributed by atoms with Gasteiger partial charge in [0.05, 0.1) is 5.92 Å². The third kappa shape index (κ3) is 4.73. The number of nitrogens with one attached hydrogen (secondary N) is 2. The smallest absolute Gasteiger partial charge is 0.326 e. The van der Waals surface area contributed by atoms with Crippen molar-refractivity contribution in [3.05, 3.63) is 0 Å². The van der Waals surface area contributed by atoms with Crippen molar-refractivity contribution in [1.82, 2.24) is 10.6 Å². The lowest BCUT2D eigenvalue weighted by Crippen LogP contribution is -2.47. The molecule has 1 amide bonds. The average molecular weight is 242 g/mol. The Labute approximate surface area is 102 Å². The summed E-state index contributed by atoms with van der Waals surface area (Å²) >= 11 is 0. The Morgan fingerprint density at radius 1 is 1.53 bits per heavy atom. The Hall–Kier alpha value is -1.10. The van der Waals surface area contributed by atoms with Crippen LogP contribution in [0.15, 0.2) is 0 Å². The van der Waals surface area contributed by atoms with Gasteiger partial charge in [0.1, 0.15) is 6.04 Å². The maximum absolute atomic E-state index is 11.9. The Morgan fingerprint density at radius 3 is 2.82 bits per heavy atom. The van der Waals surface area contributed by atoms with Crippen LogP contribution in [-0.2, 0) is 9.59 Å². The van der Waals surface area contributed by atoms with Crippen LogP contribution in [0.25, 0.3) is 0 Å². The first-order chi connectivity index (χ1) is 8.15. The fourth-order valence-corrected chi connectivity index (χ4v) is 2.03. The van der Waals surface area contributed by atoms with Crippen molar-refractivity contribution in [3.63, 3.8) is 0 Å². The molecule has 1 fully saturated rings. The quantitative estimate of drug-likeness (QED) is 0.642. The number of hydrogen-bond donors (Lipinski definition) is 3. The highest BCUT2D eigenvalue weighted by atomic mass is 16.4. The predicted octanol–water partition coefficient (Wildman–Crippen LogP) is 0.746. The fraction of sp³-hybridized carbons (Fsp3) is 0.833. The lowest BCUT2D eigenvalue weighted by atomic mass is 9.98. The van der Waals surface area contributed by atoms with Crippen LogP contribution in [-0.4, -0.2) is 36.1 Å². The van der Waals surface area contributed by atoms with Gasteiger partial charge in [-0.3, -0.25) is 4.79 Å². The summed E-state index contributed by atoms with van der Waals surface area (Å²) in [6.07, 6.45) is 4.09. The third-order valence-corrected chi connectivity index (χ3v) is 3.13. The molecule has 98 valence electrons. The molecule has 2 atom stereocenters. The summed E-state index contributed by atoms with van der Waals surface area (Å²) < 4.78 is 0. The summed E-state index contributed by atoms with van der Waals surface area (Å²) in [6, 6.07) is -0.732. The number of carbonyl (C=O) groups excluding carboxylic acids is 1. The molecule has 1 rings (SSSR count). The van der Waals surface area contributed by atoms with E-state index >= 15 is 0 Å². The summed E-state index contributed by atoms with van der Waals surface area (Å²) in [5.74, 6) is -1.14. The zero-order valence-corrected chi connectivity index (χ0v) is 10.4. The van der Waals surface area contributed by atoms with Crippen molar-refractivity contribution in [2.75, 3.05) is 13.1 Å². The molecule has 1 heterocycles. The van der Waals surface area contributed by atoms with Gasteiger partial charge in [0.25, 0.3) is 0 Å². The highest BCUT2D eigenvalue weighted by molar-refractivity contribution is 5.85. The number of piperidine rings is 1. The van der Waals surface area contributed by atoms with E-state index in [9.17, 15) is 9.59 Å². The van der Waals surface area contributed by atoms with E-state index in [2.05, 4.69) is 10.6 Å². The molecule has 0 aromatic rings.